The molecule has 0 bridgehead atoms. The molecule has 0 heterocycles. The molecule has 2 heteroatoms. The highest BCUT2D eigenvalue weighted by molar-refractivity contribution is 7.99. The van der Waals surface area contributed by atoms with Crippen LogP contribution in [0.15, 0.2) is 24.3 Å². The summed E-state index contributed by atoms with van der Waals surface area (Å²) in [5, 5.41) is 0. The lowest BCUT2D eigenvalue weighted by Gasteiger charge is -2.00. The molecule has 0 saturated carbocycles. The summed E-state index contributed by atoms with van der Waals surface area (Å²) >= 11 is 1.60. The number of aryl methyl sites for hydroxylation is 2. The molecule has 0 amide bonds. The number of ketones is 1. The van der Waals surface area contributed by atoms with Crippen LogP contribution in [0.4, 0.5) is 0 Å². The number of carbonyl (C=O) groups is 1. The number of thioether (sulfide) groups is 1. The third-order valence-electron chi connectivity index (χ3n) is 2.12. The van der Waals surface area contributed by atoms with E-state index in [-0.39, 0.29) is 0 Å². The van der Waals surface area contributed by atoms with Gasteiger partial charge in [-0.2, -0.15) is 11.8 Å². The Bertz CT molecular complexity index is 290. The zero-order valence-electron chi connectivity index (χ0n) is 8.75. The topological polar surface area (TPSA) is 17.1 Å². The lowest BCUT2D eigenvalue weighted by molar-refractivity contribution is -0.116. The van der Waals surface area contributed by atoms with Crippen LogP contribution in [-0.4, -0.2) is 17.8 Å². The zero-order chi connectivity index (χ0) is 10.4. The summed E-state index contributed by atoms with van der Waals surface area (Å²) in [7, 11) is 0. The summed E-state index contributed by atoms with van der Waals surface area (Å²) in [6.07, 6.45) is 3.51. The average molecular weight is 208 g/mol. The van der Waals surface area contributed by atoms with Gasteiger partial charge in [0.25, 0.3) is 0 Å². The number of hydrogen-bond acceptors (Lipinski definition) is 2. The summed E-state index contributed by atoms with van der Waals surface area (Å²) in [6.45, 7) is 2.07. The number of benzene rings is 1. The van der Waals surface area contributed by atoms with Crippen LogP contribution in [0.25, 0.3) is 0 Å². The van der Waals surface area contributed by atoms with Crippen LogP contribution in [-0.2, 0) is 11.2 Å². The molecular weight excluding hydrogens is 192 g/mol. The average Bonchev–Trinajstić information content (AvgIpc) is 2.17. The van der Waals surface area contributed by atoms with E-state index in [9.17, 15) is 4.79 Å². The summed E-state index contributed by atoms with van der Waals surface area (Å²) in [4.78, 5) is 11.3. The van der Waals surface area contributed by atoms with E-state index in [1.165, 1.54) is 11.1 Å². The molecule has 0 aliphatic carbocycles. The van der Waals surface area contributed by atoms with E-state index in [1.807, 2.05) is 6.26 Å². The maximum atomic E-state index is 11.3. The van der Waals surface area contributed by atoms with Gasteiger partial charge in [0.2, 0.25) is 0 Å². The molecule has 0 saturated heterocycles. The number of carbonyl (C=O) groups excluding carboxylic acids is 1. The fraction of sp³-hybridized carbons (Fsp3) is 0.417. The van der Waals surface area contributed by atoms with Gasteiger partial charge in [-0.15, -0.1) is 0 Å². The number of hydrogen-bond donors (Lipinski definition) is 0. The van der Waals surface area contributed by atoms with Crippen LogP contribution in [0.3, 0.4) is 0 Å². The zero-order valence-corrected chi connectivity index (χ0v) is 9.56. The van der Waals surface area contributed by atoms with E-state index in [1.54, 1.807) is 11.8 Å². The Labute approximate surface area is 89.9 Å². The predicted molar refractivity (Wildman–Crippen MR) is 62.9 cm³/mol. The third-order valence-corrected chi connectivity index (χ3v) is 2.73. The van der Waals surface area contributed by atoms with Crippen LogP contribution in [0.5, 0.6) is 0 Å². The van der Waals surface area contributed by atoms with Crippen molar-refractivity contribution in [3.05, 3.63) is 35.4 Å². The molecule has 0 unspecified atom stereocenters. The highest BCUT2D eigenvalue weighted by Gasteiger charge is 2.01. The Morgan fingerprint density at radius 3 is 2.50 bits per heavy atom. The lowest BCUT2D eigenvalue weighted by atomic mass is 10.1. The van der Waals surface area contributed by atoms with Gasteiger partial charge in [0.1, 0.15) is 5.78 Å². The van der Waals surface area contributed by atoms with Crippen molar-refractivity contribution in [2.75, 3.05) is 12.0 Å². The lowest BCUT2D eigenvalue weighted by Crippen LogP contribution is -2.02. The molecule has 0 aromatic heterocycles. The van der Waals surface area contributed by atoms with Gasteiger partial charge in [0.15, 0.2) is 0 Å². The quantitative estimate of drug-likeness (QED) is 0.740. The first kappa shape index (κ1) is 11.3. The summed E-state index contributed by atoms with van der Waals surface area (Å²) in [6, 6.07) is 8.38. The molecule has 1 rings (SSSR count). The predicted octanol–water partition coefficient (Wildman–Crippen LogP) is 2.86. The van der Waals surface area contributed by atoms with E-state index >= 15 is 0 Å². The molecule has 1 nitrogen and oxygen atoms in total. The van der Waals surface area contributed by atoms with Crippen LogP contribution in [0.2, 0.25) is 0 Å². The van der Waals surface area contributed by atoms with Crippen LogP contribution in [0, 0.1) is 6.92 Å². The minimum Gasteiger partial charge on any atom is -0.299 e. The van der Waals surface area contributed by atoms with Gasteiger partial charge >= 0.3 is 0 Å². The third kappa shape index (κ3) is 3.97. The molecule has 14 heavy (non-hydrogen) atoms. The molecule has 1 aromatic carbocycles. The second kappa shape index (κ2) is 5.86. The summed E-state index contributed by atoms with van der Waals surface area (Å²) in [5.74, 6) is 0.990. The van der Waals surface area contributed by atoms with Crippen molar-refractivity contribution in [2.24, 2.45) is 0 Å². The van der Waals surface area contributed by atoms with Gasteiger partial charge in [-0.25, -0.2) is 0 Å². The van der Waals surface area contributed by atoms with Gasteiger partial charge in [0.05, 0.1) is 5.75 Å². The van der Waals surface area contributed by atoms with Crippen LogP contribution >= 0.6 is 11.8 Å². The van der Waals surface area contributed by atoms with E-state index in [4.69, 9.17) is 0 Å². The van der Waals surface area contributed by atoms with Crippen molar-refractivity contribution in [2.45, 2.75) is 19.8 Å². The van der Waals surface area contributed by atoms with Gasteiger partial charge in [-0.3, -0.25) is 4.79 Å². The first-order valence-electron chi connectivity index (χ1n) is 4.78. The maximum Gasteiger partial charge on any atom is 0.143 e. The molecule has 0 radical (unpaired) electrons. The largest absolute Gasteiger partial charge is 0.299 e. The van der Waals surface area contributed by atoms with E-state index in [0.717, 1.165) is 6.42 Å². The second-order valence-corrected chi connectivity index (χ2v) is 4.32. The minimum atomic E-state index is 0.345. The minimum absolute atomic E-state index is 0.345. The van der Waals surface area contributed by atoms with Gasteiger partial charge < -0.3 is 0 Å². The Morgan fingerprint density at radius 2 is 1.93 bits per heavy atom. The molecule has 0 spiro atoms. The molecule has 0 aliphatic rings. The molecule has 0 fully saturated rings. The first-order valence-corrected chi connectivity index (χ1v) is 6.18. The maximum absolute atomic E-state index is 11.3. The van der Waals surface area contributed by atoms with E-state index in [0.29, 0.717) is 18.0 Å². The van der Waals surface area contributed by atoms with Crippen LogP contribution in [0.1, 0.15) is 17.5 Å². The Balaban J connectivity index is 2.38. The van der Waals surface area contributed by atoms with Gasteiger partial charge in [-0.05, 0) is 25.2 Å². The van der Waals surface area contributed by atoms with E-state index in [2.05, 4.69) is 31.2 Å². The van der Waals surface area contributed by atoms with Crippen LogP contribution < -0.4 is 0 Å². The second-order valence-electron chi connectivity index (χ2n) is 3.46. The molecule has 0 aliphatic heterocycles. The normalized spacial score (nSPS) is 10.1. The van der Waals surface area contributed by atoms with Gasteiger partial charge in [0, 0.05) is 6.42 Å². The first-order chi connectivity index (χ1) is 6.72. The molecule has 0 N–H and O–H groups in total. The molecule has 1 aromatic rings. The fourth-order valence-electron chi connectivity index (χ4n) is 1.27. The van der Waals surface area contributed by atoms with Crippen molar-refractivity contribution >= 4 is 17.5 Å². The molecule has 0 atom stereocenters. The Kier molecular flexibility index (Phi) is 4.74. The van der Waals surface area contributed by atoms with E-state index < -0.39 is 0 Å². The van der Waals surface area contributed by atoms with Crippen molar-refractivity contribution in [3.63, 3.8) is 0 Å². The Hall–Kier alpha value is -0.760. The SMILES string of the molecule is CSCC(=O)CCc1ccc(C)cc1. The summed E-state index contributed by atoms with van der Waals surface area (Å²) < 4.78 is 0. The molecular formula is C12H16OS. The van der Waals surface area contributed by atoms with Crippen molar-refractivity contribution in [1.82, 2.24) is 0 Å². The van der Waals surface area contributed by atoms with Crippen molar-refractivity contribution in [1.29, 1.82) is 0 Å². The monoisotopic (exact) mass is 208 g/mol. The number of Topliss-reactive ketones (excluding diaryl/α,β-unsaturated/α-hetero) is 1. The number of rotatable bonds is 5. The van der Waals surface area contributed by atoms with Crippen molar-refractivity contribution < 1.29 is 4.79 Å². The standard InChI is InChI=1S/C12H16OS/c1-10-3-5-11(6-4-10)7-8-12(13)9-14-2/h3-6H,7-9H2,1-2H3. The smallest absolute Gasteiger partial charge is 0.143 e. The highest BCUT2D eigenvalue weighted by atomic mass is 32.2. The highest BCUT2D eigenvalue weighted by Crippen LogP contribution is 2.07. The van der Waals surface area contributed by atoms with Gasteiger partial charge in [-0.1, -0.05) is 29.8 Å². The summed E-state index contributed by atoms with van der Waals surface area (Å²) in [5.41, 5.74) is 2.52. The Morgan fingerprint density at radius 1 is 1.29 bits per heavy atom. The molecule has 76 valence electrons. The fourth-order valence-corrected chi connectivity index (χ4v) is 1.74. The van der Waals surface area contributed by atoms with Crippen molar-refractivity contribution in [3.8, 4) is 0 Å².